The molecule has 0 unspecified atom stereocenters. The molecule has 0 fully saturated rings. The topological polar surface area (TPSA) is 20.2 Å². The molecule has 0 aliphatic carbocycles. The van der Waals surface area contributed by atoms with Gasteiger partial charge in [0, 0.05) is 15.7 Å². The van der Waals surface area contributed by atoms with Crippen molar-refractivity contribution in [2.75, 3.05) is 0 Å². The molecule has 1 nitrogen and oxygen atoms in total. The van der Waals surface area contributed by atoms with E-state index in [1.165, 1.54) is 4.90 Å². The molecule has 1 atom stereocenters. The largest absolute Gasteiger partial charge is 0.388 e. The molecule has 0 saturated heterocycles. The van der Waals surface area contributed by atoms with Crippen molar-refractivity contribution < 1.29 is 5.11 Å². The van der Waals surface area contributed by atoms with Gasteiger partial charge in [0.1, 0.15) is 0 Å². The molecule has 0 radical (unpaired) electrons. The van der Waals surface area contributed by atoms with E-state index in [4.69, 9.17) is 11.6 Å². The van der Waals surface area contributed by atoms with Gasteiger partial charge in [-0.15, -0.1) is 11.8 Å². The highest BCUT2D eigenvalue weighted by Crippen LogP contribution is 2.27. The van der Waals surface area contributed by atoms with Crippen LogP contribution in [0.3, 0.4) is 0 Å². The lowest BCUT2D eigenvalue weighted by Crippen LogP contribution is -1.94. The van der Waals surface area contributed by atoms with E-state index in [1.54, 1.807) is 11.8 Å². The van der Waals surface area contributed by atoms with E-state index >= 15 is 0 Å². The fourth-order valence-electron chi connectivity index (χ4n) is 1.80. The highest BCUT2D eigenvalue weighted by Gasteiger charge is 2.05. The lowest BCUT2D eigenvalue weighted by Gasteiger charge is -2.09. The van der Waals surface area contributed by atoms with Gasteiger partial charge in [0.15, 0.2) is 0 Å². The summed E-state index contributed by atoms with van der Waals surface area (Å²) in [6, 6.07) is 16.0. The number of thioether (sulfide) groups is 1. The Morgan fingerprint density at radius 1 is 1.11 bits per heavy atom. The van der Waals surface area contributed by atoms with Gasteiger partial charge >= 0.3 is 0 Å². The second-order valence-corrected chi connectivity index (χ2v) is 5.83. The molecule has 2 rings (SSSR count). The van der Waals surface area contributed by atoms with Gasteiger partial charge in [0.05, 0.1) is 6.10 Å². The van der Waals surface area contributed by atoms with Gasteiger partial charge in [0.2, 0.25) is 0 Å². The third-order valence-electron chi connectivity index (χ3n) is 3.00. The molecule has 0 aliphatic heterocycles. The zero-order chi connectivity index (χ0) is 13.7. The van der Waals surface area contributed by atoms with Crippen LogP contribution in [0.5, 0.6) is 0 Å². The van der Waals surface area contributed by atoms with Gasteiger partial charge < -0.3 is 5.11 Å². The summed E-state index contributed by atoms with van der Waals surface area (Å²) < 4.78 is 0. The smallest absolute Gasteiger partial charge is 0.0787 e. The summed E-state index contributed by atoms with van der Waals surface area (Å²) in [4.78, 5) is 1.19. The number of hydrogen-bond donors (Lipinski definition) is 1. The first-order valence-corrected chi connectivity index (χ1v) is 7.71. The van der Waals surface area contributed by atoms with Crippen LogP contribution in [-0.4, -0.2) is 5.11 Å². The molecule has 0 heterocycles. The van der Waals surface area contributed by atoms with E-state index in [0.29, 0.717) is 0 Å². The average Bonchev–Trinajstić information content (AvgIpc) is 2.46. The van der Waals surface area contributed by atoms with E-state index in [0.717, 1.165) is 28.3 Å². The number of rotatable bonds is 5. The van der Waals surface area contributed by atoms with Crippen molar-refractivity contribution in [3.63, 3.8) is 0 Å². The molecule has 0 bridgehead atoms. The van der Waals surface area contributed by atoms with Crippen LogP contribution >= 0.6 is 23.4 Å². The van der Waals surface area contributed by atoms with Crippen LogP contribution < -0.4 is 0 Å². The highest BCUT2D eigenvalue weighted by molar-refractivity contribution is 7.98. The number of hydrogen-bond acceptors (Lipinski definition) is 2. The molecular weight excluding hydrogens is 276 g/mol. The Labute approximate surface area is 123 Å². The minimum absolute atomic E-state index is 0.359. The number of aliphatic hydroxyl groups excluding tert-OH is 1. The van der Waals surface area contributed by atoms with Crippen molar-refractivity contribution in [2.45, 2.75) is 30.1 Å². The number of halogens is 1. The van der Waals surface area contributed by atoms with Crippen molar-refractivity contribution in [3.05, 3.63) is 64.7 Å². The van der Waals surface area contributed by atoms with Crippen LogP contribution in [0.1, 0.15) is 30.6 Å². The van der Waals surface area contributed by atoms with Crippen LogP contribution in [0, 0.1) is 0 Å². The molecular formula is C16H17ClOS. The van der Waals surface area contributed by atoms with Crippen molar-refractivity contribution in [2.24, 2.45) is 0 Å². The fraction of sp³-hybridized carbons (Fsp3) is 0.250. The standard InChI is InChI=1S/C16H17ClOS/c1-2-16(18)12-7-9-14(10-8-12)19-11-13-5-3-4-6-15(13)17/h3-10,16,18H,2,11H2,1H3/t16-/m1/s1. The summed E-state index contributed by atoms with van der Waals surface area (Å²) in [6.45, 7) is 1.98. The number of aliphatic hydroxyl groups is 1. The zero-order valence-corrected chi connectivity index (χ0v) is 12.4. The molecule has 0 saturated carbocycles. The maximum Gasteiger partial charge on any atom is 0.0787 e. The van der Waals surface area contributed by atoms with Crippen LogP contribution in [0.15, 0.2) is 53.4 Å². The highest BCUT2D eigenvalue weighted by atomic mass is 35.5. The van der Waals surface area contributed by atoms with Gasteiger partial charge in [-0.1, -0.05) is 48.9 Å². The molecule has 0 aromatic heterocycles. The maximum absolute atomic E-state index is 9.74. The molecule has 0 spiro atoms. The molecule has 2 aromatic carbocycles. The number of benzene rings is 2. The zero-order valence-electron chi connectivity index (χ0n) is 10.8. The Kier molecular flexibility index (Phi) is 5.32. The summed E-state index contributed by atoms with van der Waals surface area (Å²) >= 11 is 7.88. The third-order valence-corrected chi connectivity index (χ3v) is 4.43. The summed E-state index contributed by atoms with van der Waals surface area (Å²) in [5.74, 6) is 0.856. The Morgan fingerprint density at radius 2 is 1.79 bits per heavy atom. The summed E-state index contributed by atoms with van der Waals surface area (Å²) in [5.41, 5.74) is 2.12. The van der Waals surface area contributed by atoms with E-state index in [-0.39, 0.29) is 6.10 Å². The van der Waals surface area contributed by atoms with Gasteiger partial charge in [-0.25, -0.2) is 0 Å². The van der Waals surface area contributed by atoms with Crippen LogP contribution in [0.25, 0.3) is 0 Å². The normalized spacial score (nSPS) is 12.4. The predicted molar refractivity (Wildman–Crippen MR) is 82.7 cm³/mol. The lowest BCUT2D eigenvalue weighted by atomic mass is 10.1. The quantitative estimate of drug-likeness (QED) is 0.776. The van der Waals surface area contributed by atoms with Crippen LogP contribution in [0.4, 0.5) is 0 Å². The van der Waals surface area contributed by atoms with Crippen LogP contribution in [-0.2, 0) is 5.75 Å². The average molecular weight is 293 g/mol. The molecule has 2 aromatic rings. The SMILES string of the molecule is CC[C@@H](O)c1ccc(SCc2ccccc2Cl)cc1. The van der Waals surface area contributed by atoms with Crippen LogP contribution in [0.2, 0.25) is 5.02 Å². The fourth-order valence-corrected chi connectivity index (χ4v) is 2.98. The van der Waals surface area contributed by atoms with E-state index in [1.807, 2.05) is 43.3 Å². The first-order chi connectivity index (χ1) is 9.20. The second-order valence-electron chi connectivity index (χ2n) is 4.37. The van der Waals surface area contributed by atoms with Crippen molar-refractivity contribution in [3.8, 4) is 0 Å². The minimum Gasteiger partial charge on any atom is -0.388 e. The molecule has 0 amide bonds. The third kappa shape index (κ3) is 4.00. The lowest BCUT2D eigenvalue weighted by molar-refractivity contribution is 0.173. The van der Waals surface area contributed by atoms with Gasteiger partial charge in [-0.3, -0.25) is 0 Å². The maximum atomic E-state index is 9.74. The predicted octanol–water partition coefficient (Wildman–Crippen LogP) is 5.08. The Hall–Kier alpha value is -0.960. The van der Waals surface area contributed by atoms with Gasteiger partial charge in [-0.2, -0.15) is 0 Å². The van der Waals surface area contributed by atoms with Gasteiger partial charge in [0.25, 0.3) is 0 Å². The van der Waals surface area contributed by atoms with E-state index in [2.05, 4.69) is 12.1 Å². The van der Waals surface area contributed by atoms with Crippen molar-refractivity contribution >= 4 is 23.4 Å². The summed E-state index contributed by atoms with van der Waals surface area (Å²) in [7, 11) is 0. The second kappa shape index (κ2) is 6.99. The van der Waals surface area contributed by atoms with E-state index < -0.39 is 0 Å². The monoisotopic (exact) mass is 292 g/mol. The summed E-state index contributed by atoms with van der Waals surface area (Å²) in [6.07, 6.45) is 0.383. The Bertz CT molecular complexity index is 525. The molecule has 3 heteroatoms. The van der Waals surface area contributed by atoms with Gasteiger partial charge in [-0.05, 0) is 35.7 Å². The summed E-state index contributed by atoms with van der Waals surface area (Å²) in [5, 5.41) is 10.6. The van der Waals surface area contributed by atoms with Crippen molar-refractivity contribution in [1.29, 1.82) is 0 Å². The molecule has 0 aliphatic rings. The first kappa shape index (κ1) is 14.4. The molecule has 19 heavy (non-hydrogen) atoms. The van der Waals surface area contributed by atoms with E-state index in [9.17, 15) is 5.11 Å². The Balaban J connectivity index is 1.99. The van der Waals surface area contributed by atoms with Crippen molar-refractivity contribution in [1.82, 2.24) is 0 Å². The molecule has 100 valence electrons. The minimum atomic E-state index is -0.359. The Morgan fingerprint density at radius 3 is 2.42 bits per heavy atom. The molecule has 1 N–H and O–H groups in total. The first-order valence-electron chi connectivity index (χ1n) is 6.35.